The molecule has 0 radical (unpaired) electrons. The normalized spacial score (nSPS) is 28.4. The standard InChI is InChI=1S/C14H18F3NO/c1-2-10-9-18-8-7-13(10,19)11-5-3-4-6-12(11)14(15,16)17/h3-6,10,18-19H,2,7-9H2,1H3. The summed E-state index contributed by atoms with van der Waals surface area (Å²) in [5, 5.41) is 13.9. The highest BCUT2D eigenvalue weighted by Crippen LogP contribution is 2.43. The average molecular weight is 273 g/mol. The highest BCUT2D eigenvalue weighted by molar-refractivity contribution is 5.35. The Hall–Kier alpha value is -1.07. The van der Waals surface area contributed by atoms with Gasteiger partial charge in [0.1, 0.15) is 0 Å². The molecule has 5 heteroatoms. The molecule has 2 N–H and O–H groups in total. The lowest BCUT2D eigenvalue weighted by atomic mass is 9.73. The number of nitrogens with one attached hydrogen (secondary N) is 1. The molecule has 1 saturated heterocycles. The second kappa shape index (κ2) is 5.13. The molecule has 0 amide bonds. The first kappa shape index (κ1) is 14.3. The van der Waals surface area contributed by atoms with E-state index in [4.69, 9.17) is 0 Å². The van der Waals surface area contributed by atoms with Crippen LogP contribution in [0, 0.1) is 5.92 Å². The van der Waals surface area contributed by atoms with Crippen LogP contribution in [0.4, 0.5) is 13.2 Å². The summed E-state index contributed by atoms with van der Waals surface area (Å²) in [6.45, 7) is 2.96. The summed E-state index contributed by atoms with van der Waals surface area (Å²) in [4.78, 5) is 0. The van der Waals surface area contributed by atoms with E-state index < -0.39 is 17.3 Å². The van der Waals surface area contributed by atoms with Crippen LogP contribution in [0.2, 0.25) is 0 Å². The fourth-order valence-corrected chi connectivity index (χ4v) is 2.87. The van der Waals surface area contributed by atoms with E-state index in [2.05, 4.69) is 5.32 Å². The van der Waals surface area contributed by atoms with Crippen LogP contribution < -0.4 is 5.32 Å². The van der Waals surface area contributed by atoms with Crippen LogP contribution in [0.5, 0.6) is 0 Å². The zero-order chi connectivity index (χ0) is 14.1. The Labute approximate surface area is 110 Å². The second-order valence-corrected chi connectivity index (χ2v) is 5.03. The molecule has 106 valence electrons. The lowest BCUT2D eigenvalue weighted by Gasteiger charge is -2.41. The molecule has 1 fully saturated rings. The third-order valence-electron chi connectivity index (χ3n) is 3.94. The molecule has 0 spiro atoms. The SMILES string of the molecule is CCC1CNCCC1(O)c1ccccc1C(F)(F)F. The van der Waals surface area contributed by atoms with Gasteiger partial charge in [-0.2, -0.15) is 13.2 Å². The van der Waals surface area contributed by atoms with Gasteiger partial charge in [-0.05, 0) is 31.0 Å². The van der Waals surface area contributed by atoms with Crippen LogP contribution in [0.15, 0.2) is 24.3 Å². The van der Waals surface area contributed by atoms with E-state index in [9.17, 15) is 18.3 Å². The quantitative estimate of drug-likeness (QED) is 0.868. The summed E-state index contributed by atoms with van der Waals surface area (Å²) in [7, 11) is 0. The van der Waals surface area contributed by atoms with E-state index in [1.807, 2.05) is 6.92 Å². The molecule has 1 heterocycles. The van der Waals surface area contributed by atoms with Crippen molar-refractivity contribution < 1.29 is 18.3 Å². The summed E-state index contributed by atoms with van der Waals surface area (Å²) < 4.78 is 39.2. The number of alkyl halides is 3. The van der Waals surface area contributed by atoms with Gasteiger partial charge in [-0.3, -0.25) is 0 Å². The van der Waals surface area contributed by atoms with Gasteiger partial charge < -0.3 is 10.4 Å². The van der Waals surface area contributed by atoms with Crippen LogP contribution in [-0.4, -0.2) is 18.2 Å². The van der Waals surface area contributed by atoms with Crippen molar-refractivity contribution in [3.63, 3.8) is 0 Å². The molecule has 0 bridgehead atoms. The molecule has 19 heavy (non-hydrogen) atoms. The highest BCUT2D eigenvalue weighted by Gasteiger charge is 2.45. The maximum Gasteiger partial charge on any atom is 0.416 e. The first-order valence-electron chi connectivity index (χ1n) is 6.49. The average Bonchev–Trinajstić information content (AvgIpc) is 2.38. The van der Waals surface area contributed by atoms with Gasteiger partial charge in [-0.1, -0.05) is 25.1 Å². The Kier molecular flexibility index (Phi) is 3.87. The number of piperidine rings is 1. The van der Waals surface area contributed by atoms with Gasteiger partial charge >= 0.3 is 6.18 Å². The maximum absolute atomic E-state index is 13.1. The van der Waals surface area contributed by atoms with E-state index in [0.717, 1.165) is 6.07 Å². The van der Waals surface area contributed by atoms with Gasteiger partial charge in [0.2, 0.25) is 0 Å². The van der Waals surface area contributed by atoms with Crippen molar-refractivity contribution in [1.29, 1.82) is 0 Å². The fraction of sp³-hybridized carbons (Fsp3) is 0.571. The number of halogens is 3. The minimum Gasteiger partial charge on any atom is -0.385 e. The third kappa shape index (κ3) is 2.62. The summed E-state index contributed by atoms with van der Waals surface area (Å²) in [5.41, 5.74) is -2.11. The van der Waals surface area contributed by atoms with Crippen molar-refractivity contribution in [2.45, 2.75) is 31.5 Å². The van der Waals surface area contributed by atoms with Crippen molar-refractivity contribution in [2.75, 3.05) is 13.1 Å². The minimum absolute atomic E-state index is 0.0100. The molecule has 0 saturated carbocycles. The van der Waals surface area contributed by atoms with Gasteiger partial charge in [0.05, 0.1) is 11.2 Å². The third-order valence-corrected chi connectivity index (χ3v) is 3.94. The largest absolute Gasteiger partial charge is 0.416 e. The van der Waals surface area contributed by atoms with Crippen molar-refractivity contribution in [3.05, 3.63) is 35.4 Å². The van der Waals surface area contributed by atoms with E-state index in [1.54, 1.807) is 6.07 Å². The minimum atomic E-state index is -4.44. The van der Waals surface area contributed by atoms with E-state index in [0.29, 0.717) is 25.9 Å². The number of aliphatic hydroxyl groups is 1. The second-order valence-electron chi connectivity index (χ2n) is 5.03. The topological polar surface area (TPSA) is 32.3 Å². The highest BCUT2D eigenvalue weighted by atomic mass is 19.4. The van der Waals surface area contributed by atoms with Gasteiger partial charge in [0.25, 0.3) is 0 Å². The Morgan fingerprint density at radius 1 is 1.37 bits per heavy atom. The van der Waals surface area contributed by atoms with Crippen LogP contribution >= 0.6 is 0 Å². The summed E-state index contributed by atoms with van der Waals surface area (Å²) in [5.74, 6) is -0.204. The molecule has 2 unspecified atom stereocenters. The number of hydrogen-bond acceptors (Lipinski definition) is 2. The zero-order valence-corrected chi connectivity index (χ0v) is 10.8. The smallest absolute Gasteiger partial charge is 0.385 e. The molecule has 0 aromatic heterocycles. The molecular formula is C14H18F3NO. The fourth-order valence-electron chi connectivity index (χ4n) is 2.87. The van der Waals surface area contributed by atoms with Crippen LogP contribution in [0.1, 0.15) is 30.9 Å². The molecule has 2 atom stereocenters. The van der Waals surface area contributed by atoms with Gasteiger partial charge in [0.15, 0.2) is 0 Å². The molecule has 2 rings (SSSR count). The Morgan fingerprint density at radius 2 is 2.05 bits per heavy atom. The van der Waals surface area contributed by atoms with E-state index >= 15 is 0 Å². The van der Waals surface area contributed by atoms with Crippen LogP contribution in [0.25, 0.3) is 0 Å². The molecule has 1 aliphatic heterocycles. The van der Waals surface area contributed by atoms with Crippen molar-refractivity contribution in [3.8, 4) is 0 Å². The summed E-state index contributed by atoms with van der Waals surface area (Å²) in [6, 6.07) is 5.36. The number of benzene rings is 1. The zero-order valence-electron chi connectivity index (χ0n) is 10.8. The van der Waals surface area contributed by atoms with Crippen LogP contribution in [-0.2, 0) is 11.8 Å². The Bertz CT molecular complexity index is 447. The summed E-state index contributed by atoms with van der Waals surface area (Å²) in [6.07, 6.45) is -3.50. The van der Waals surface area contributed by atoms with Gasteiger partial charge in [-0.25, -0.2) is 0 Å². The van der Waals surface area contributed by atoms with E-state index in [1.165, 1.54) is 12.1 Å². The van der Waals surface area contributed by atoms with Crippen LogP contribution in [0.3, 0.4) is 0 Å². The first-order valence-corrected chi connectivity index (χ1v) is 6.49. The Morgan fingerprint density at radius 3 is 2.68 bits per heavy atom. The molecule has 1 aromatic carbocycles. The first-order chi connectivity index (χ1) is 8.89. The molecule has 2 nitrogen and oxygen atoms in total. The molecule has 0 aliphatic carbocycles. The molecule has 1 aromatic rings. The lowest BCUT2D eigenvalue weighted by Crippen LogP contribution is -2.48. The predicted molar refractivity (Wildman–Crippen MR) is 66.6 cm³/mol. The summed E-state index contributed by atoms with van der Waals surface area (Å²) >= 11 is 0. The van der Waals surface area contributed by atoms with Crippen molar-refractivity contribution >= 4 is 0 Å². The van der Waals surface area contributed by atoms with Crippen molar-refractivity contribution in [2.24, 2.45) is 5.92 Å². The molecular weight excluding hydrogens is 255 g/mol. The molecule has 1 aliphatic rings. The number of rotatable bonds is 2. The Balaban J connectivity index is 2.50. The van der Waals surface area contributed by atoms with Gasteiger partial charge in [-0.15, -0.1) is 0 Å². The van der Waals surface area contributed by atoms with E-state index in [-0.39, 0.29) is 11.5 Å². The lowest BCUT2D eigenvalue weighted by molar-refractivity contribution is -0.143. The van der Waals surface area contributed by atoms with Crippen molar-refractivity contribution in [1.82, 2.24) is 5.32 Å². The monoisotopic (exact) mass is 273 g/mol. The van der Waals surface area contributed by atoms with Gasteiger partial charge in [0, 0.05) is 12.5 Å². The predicted octanol–water partition coefficient (Wildman–Crippen LogP) is 2.91. The number of hydrogen-bond donors (Lipinski definition) is 2. The maximum atomic E-state index is 13.1.